The minimum absolute atomic E-state index is 0. The van der Waals surface area contributed by atoms with Gasteiger partial charge in [-0.25, -0.2) is 0 Å². The lowest BCUT2D eigenvalue weighted by Crippen LogP contribution is -2.59. The van der Waals surface area contributed by atoms with Crippen LogP contribution in [0, 0.1) is 5.41 Å². The summed E-state index contributed by atoms with van der Waals surface area (Å²) in [5.41, 5.74) is -0.643. The highest BCUT2D eigenvalue weighted by Crippen LogP contribution is 2.55. The molecular formula is C21H44N2O2. The Morgan fingerprint density at radius 3 is 1.80 bits per heavy atom. The molecule has 1 fully saturated rings. The van der Waals surface area contributed by atoms with Gasteiger partial charge in [-0.3, -0.25) is 9.69 Å². The van der Waals surface area contributed by atoms with Gasteiger partial charge in [0.2, 0.25) is 0 Å². The van der Waals surface area contributed by atoms with Gasteiger partial charge in [0, 0.05) is 5.41 Å². The van der Waals surface area contributed by atoms with Gasteiger partial charge in [-0.1, -0.05) is 72.6 Å². The molecule has 1 heterocycles. The van der Waals surface area contributed by atoms with E-state index in [2.05, 4.69) is 32.6 Å². The SMILES string of the molecule is CCCCN1CCC(CCCC)(CCCC)C1(CCCC)C(=O)O.N. The van der Waals surface area contributed by atoms with Gasteiger partial charge in [0.25, 0.3) is 0 Å². The molecule has 1 unspecified atom stereocenters. The Balaban J connectivity index is 0.00000576. The van der Waals surface area contributed by atoms with E-state index in [0.717, 1.165) is 90.1 Å². The molecule has 25 heavy (non-hydrogen) atoms. The lowest BCUT2D eigenvalue weighted by atomic mass is 9.62. The highest BCUT2D eigenvalue weighted by molar-refractivity contribution is 5.81. The summed E-state index contributed by atoms with van der Waals surface area (Å²) >= 11 is 0. The minimum Gasteiger partial charge on any atom is -0.480 e. The van der Waals surface area contributed by atoms with E-state index in [9.17, 15) is 9.90 Å². The Hall–Kier alpha value is -0.610. The predicted octanol–water partition coefficient (Wildman–Crippen LogP) is 6.03. The Kier molecular flexibility index (Phi) is 11.6. The molecule has 4 N–H and O–H groups in total. The summed E-state index contributed by atoms with van der Waals surface area (Å²) in [5.74, 6) is -0.545. The van der Waals surface area contributed by atoms with E-state index in [1.807, 2.05) is 0 Å². The van der Waals surface area contributed by atoms with Crippen molar-refractivity contribution in [2.75, 3.05) is 13.1 Å². The summed E-state index contributed by atoms with van der Waals surface area (Å²) in [6, 6.07) is 0. The largest absolute Gasteiger partial charge is 0.480 e. The van der Waals surface area contributed by atoms with Crippen LogP contribution in [0.4, 0.5) is 0 Å². The monoisotopic (exact) mass is 356 g/mol. The maximum atomic E-state index is 12.7. The second kappa shape index (κ2) is 11.9. The third-order valence-electron chi connectivity index (χ3n) is 6.32. The number of nitrogens with zero attached hydrogens (tertiary/aromatic N) is 1. The first kappa shape index (κ1) is 24.4. The van der Waals surface area contributed by atoms with E-state index in [4.69, 9.17) is 0 Å². The van der Waals surface area contributed by atoms with Crippen molar-refractivity contribution in [3.63, 3.8) is 0 Å². The van der Waals surface area contributed by atoms with E-state index < -0.39 is 11.5 Å². The molecule has 0 aromatic rings. The normalized spacial score (nSPS) is 22.7. The number of rotatable bonds is 13. The number of likely N-dealkylation sites (tertiary alicyclic amines) is 1. The Labute approximate surface area is 156 Å². The van der Waals surface area contributed by atoms with Crippen LogP contribution in [0.1, 0.15) is 105 Å². The quantitative estimate of drug-likeness (QED) is 0.422. The standard InChI is InChI=1S/C21H41NO2.H3N/c1-5-9-13-20(14-10-6-2)16-18-22(17-12-8-4)21(20,19(23)24)15-11-7-3;/h5-18H2,1-4H3,(H,23,24);1H3. The molecule has 0 radical (unpaired) electrons. The van der Waals surface area contributed by atoms with E-state index in [1.165, 1.54) is 0 Å². The van der Waals surface area contributed by atoms with Gasteiger partial charge in [0.05, 0.1) is 0 Å². The summed E-state index contributed by atoms with van der Waals surface area (Å²) in [6.07, 6.45) is 13.1. The fourth-order valence-electron chi connectivity index (χ4n) is 4.88. The van der Waals surface area contributed by atoms with Gasteiger partial charge in [-0.15, -0.1) is 0 Å². The number of carboxylic acid groups (broad SMARTS) is 1. The van der Waals surface area contributed by atoms with Crippen LogP contribution in [0.2, 0.25) is 0 Å². The van der Waals surface area contributed by atoms with Crippen molar-refractivity contribution in [2.45, 2.75) is 110 Å². The number of unbranched alkanes of at least 4 members (excludes halogenated alkanes) is 4. The molecular weight excluding hydrogens is 312 g/mol. The molecule has 1 aliphatic heterocycles. The first-order valence-corrected chi connectivity index (χ1v) is 10.5. The highest BCUT2D eigenvalue weighted by atomic mass is 16.4. The van der Waals surface area contributed by atoms with Crippen molar-refractivity contribution in [1.82, 2.24) is 11.1 Å². The van der Waals surface area contributed by atoms with Gasteiger partial charge < -0.3 is 11.3 Å². The van der Waals surface area contributed by atoms with Crippen LogP contribution in [0.5, 0.6) is 0 Å². The summed E-state index contributed by atoms with van der Waals surface area (Å²) in [6.45, 7) is 10.8. The van der Waals surface area contributed by atoms with Crippen molar-refractivity contribution in [3.8, 4) is 0 Å². The van der Waals surface area contributed by atoms with Crippen molar-refractivity contribution in [1.29, 1.82) is 0 Å². The summed E-state index contributed by atoms with van der Waals surface area (Å²) < 4.78 is 0. The highest BCUT2D eigenvalue weighted by Gasteiger charge is 2.61. The van der Waals surface area contributed by atoms with Gasteiger partial charge in [-0.2, -0.15) is 0 Å². The summed E-state index contributed by atoms with van der Waals surface area (Å²) in [5, 5.41) is 10.5. The average molecular weight is 357 g/mol. The third-order valence-corrected chi connectivity index (χ3v) is 6.32. The van der Waals surface area contributed by atoms with Gasteiger partial charge in [0.1, 0.15) is 5.54 Å². The Bertz CT molecular complexity index is 365. The van der Waals surface area contributed by atoms with E-state index in [1.54, 1.807) is 0 Å². The first-order valence-electron chi connectivity index (χ1n) is 10.5. The van der Waals surface area contributed by atoms with Crippen LogP contribution in [0.3, 0.4) is 0 Å². The lowest BCUT2D eigenvalue weighted by Gasteiger charge is -2.48. The zero-order valence-corrected chi connectivity index (χ0v) is 17.4. The molecule has 0 aromatic heterocycles. The number of carbonyl (C=O) groups is 1. The zero-order valence-electron chi connectivity index (χ0n) is 17.4. The van der Waals surface area contributed by atoms with Crippen LogP contribution in [-0.2, 0) is 4.79 Å². The summed E-state index contributed by atoms with van der Waals surface area (Å²) in [7, 11) is 0. The molecule has 1 rings (SSSR count). The van der Waals surface area contributed by atoms with Gasteiger partial charge in [0.15, 0.2) is 0 Å². The maximum Gasteiger partial charge on any atom is 0.324 e. The Morgan fingerprint density at radius 2 is 1.36 bits per heavy atom. The molecule has 4 nitrogen and oxygen atoms in total. The van der Waals surface area contributed by atoms with Crippen LogP contribution < -0.4 is 6.15 Å². The third kappa shape index (κ3) is 5.19. The predicted molar refractivity (Wildman–Crippen MR) is 107 cm³/mol. The second-order valence-electron chi connectivity index (χ2n) is 7.85. The molecule has 0 spiro atoms. The van der Waals surface area contributed by atoms with Crippen molar-refractivity contribution >= 4 is 5.97 Å². The van der Waals surface area contributed by atoms with E-state index in [0.29, 0.717) is 0 Å². The van der Waals surface area contributed by atoms with Crippen LogP contribution >= 0.6 is 0 Å². The van der Waals surface area contributed by atoms with Crippen LogP contribution in [-0.4, -0.2) is 34.6 Å². The first-order chi connectivity index (χ1) is 11.5. The van der Waals surface area contributed by atoms with Crippen molar-refractivity contribution in [3.05, 3.63) is 0 Å². The number of hydrogen-bond acceptors (Lipinski definition) is 3. The minimum atomic E-state index is -0.622. The maximum absolute atomic E-state index is 12.7. The van der Waals surface area contributed by atoms with Crippen LogP contribution in [0.25, 0.3) is 0 Å². The molecule has 0 saturated carbocycles. The molecule has 1 atom stereocenters. The van der Waals surface area contributed by atoms with Crippen LogP contribution in [0.15, 0.2) is 0 Å². The molecule has 0 aromatic carbocycles. The smallest absolute Gasteiger partial charge is 0.324 e. The molecule has 0 aliphatic carbocycles. The van der Waals surface area contributed by atoms with Gasteiger partial charge in [-0.05, 0) is 45.2 Å². The fraction of sp³-hybridized carbons (Fsp3) is 0.952. The number of hydrogen-bond donors (Lipinski definition) is 2. The van der Waals surface area contributed by atoms with Crippen molar-refractivity contribution in [2.24, 2.45) is 5.41 Å². The zero-order chi connectivity index (χ0) is 18.1. The molecule has 0 bridgehead atoms. The van der Waals surface area contributed by atoms with E-state index >= 15 is 0 Å². The fourth-order valence-corrected chi connectivity index (χ4v) is 4.88. The number of carboxylic acids is 1. The van der Waals surface area contributed by atoms with Gasteiger partial charge >= 0.3 is 5.97 Å². The molecule has 150 valence electrons. The summed E-state index contributed by atoms with van der Waals surface area (Å²) in [4.78, 5) is 15.1. The average Bonchev–Trinajstić information content (AvgIpc) is 2.89. The van der Waals surface area contributed by atoms with E-state index in [-0.39, 0.29) is 11.6 Å². The topological polar surface area (TPSA) is 75.5 Å². The lowest BCUT2D eigenvalue weighted by molar-refractivity contribution is -0.159. The second-order valence-corrected chi connectivity index (χ2v) is 7.85. The molecule has 1 aliphatic rings. The van der Waals surface area contributed by atoms with Crippen molar-refractivity contribution < 1.29 is 9.90 Å². The Morgan fingerprint density at radius 1 is 0.880 bits per heavy atom. The molecule has 4 heteroatoms. The molecule has 0 amide bonds. The molecule has 1 saturated heterocycles. The number of aliphatic carboxylic acids is 1.